The van der Waals surface area contributed by atoms with Crippen molar-refractivity contribution in [2.24, 2.45) is 0 Å². The van der Waals surface area contributed by atoms with Crippen LogP contribution in [0.1, 0.15) is 6.92 Å². The average molecular weight is 284 g/mol. The first kappa shape index (κ1) is 14.4. The molecule has 2 rings (SSSR count). The Bertz CT molecular complexity index is 653. The van der Waals surface area contributed by atoms with Crippen molar-refractivity contribution in [1.82, 2.24) is 0 Å². The van der Waals surface area contributed by atoms with Gasteiger partial charge in [0.25, 0.3) is 0 Å². The maximum Gasteiger partial charge on any atom is 0.323 e. The van der Waals surface area contributed by atoms with Gasteiger partial charge in [0.1, 0.15) is 0 Å². The van der Waals surface area contributed by atoms with Gasteiger partial charge in [0, 0.05) is 29.7 Å². The number of carbonyl (C=O) groups is 2. The molecule has 0 atom stereocenters. The van der Waals surface area contributed by atoms with Crippen LogP contribution in [0.3, 0.4) is 0 Å². The van der Waals surface area contributed by atoms with Crippen molar-refractivity contribution in [3.8, 4) is 0 Å². The lowest BCUT2D eigenvalue weighted by molar-refractivity contribution is -0.114. The van der Waals surface area contributed by atoms with E-state index in [1.165, 1.54) is 6.92 Å². The molecule has 108 valence electrons. The zero-order valence-electron chi connectivity index (χ0n) is 11.5. The van der Waals surface area contributed by atoms with E-state index in [9.17, 15) is 9.59 Å². The quantitative estimate of drug-likeness (QED) is 0.652. The number of anilines is 4. The van der Waals surface area contributed by atoms with Gasteiger partial charge >= 0.3 is 6.03 Å². The summed E-state index contributed by atoms with van der Waals surface area (Å²) in [7, 11) is 0. The summed E-state index contributed by atoms with van der Waals surface area (Å²) in [5, 5.41) is 8.02. The van der Waals surface area contributed by atoms with Crippen molar-refractivity contribution in [1.29, 1.82) is 0 Å². The molecule has 5 N–H and O–H groups in total. The van der Waals surface area contributed by atoms with Gasteiger partial charge in [0.05, 0.1) is 0 Å². The molecule has 0 aliphatic heterocycles. The number of hydrogen-bond donors (Lipinski definition) is 4. The number of amides is 3. The molecule has 2 aromatic carbocycles. The highest BCUT2D eigenvalue weighted by molar-refractivity contribution is 6.00. The van der Waals surface area contributed by atoms with Crippen molar-refractivity contribution < 1.29 is 9.59 Å². The van der Waals surface area contributed by atoms with Crippen LogP contribution in [0.25, 0.3) is 0 Å². The Hall–Kier alpha value is -3.02. The summed E-state index contributed by atoms with van der Waals surface area (Å²) >= 11 is 0. The van der Waals surface area contributed by atoms with Gasteiger partial charge in [-0.3, -0.25) is 4.79 Å². The van der Waals surface area contributed by atoms with E-state index < -0.39 is 0 Å². The smallest absolute Gasteiger partial charge is 0.323 e. The molecular weight excluding hydrogens is 268 g/mol. The normalized spacial score (nSPS) is 9.76. The molecule has 2 aromatic rings. The summed E-state index contributed by atoms with van der Waals surface area (Å²) in [6.45, 7) is 1.44. The second kappa shape index (κ2) is 6.42. The maximum atomic E-state index is 11.8. The van der Waals surface area contributed by atoms with Gasteiger partial charge in [-0.1, -0.05) is 6.07 Å². The molecular formula is C15H16N4O2. The molecule has 0 spiro atoms. The minimum atomic E-state index is -0.368. The molecule has 0 saturated heterocycles. The first-order chi connectivity index (χ1) is 10.0. The predicted octanol–water partition coefficient (Wildman–Crippen LogP) is 2.87. The number of nitrogens with two attached hydrogens (primary N) is 1. The predicted molar refractivity (Wildman–Crippen MR) is 84.2 cm³/mol. The van der Waals surface area contributed by atoms with Crippen LogP contribution in [0.15, 0.2) is 48.5 Å². The summed E-state index contributed by atoms with van der Waals surface area (Å²) in [5.74, 6) is -0.143. The molecule has 0 radical (unpaired) electrons. The Morgan fingerprint density at radius 3 is 2.00 bits per heavy atom. The SMILES string of the molecule is CC(=O)Nc1ccc(NC(=O)Nc2cccc(N)c2)cc1. The molecule has 6 heteroatoms. The van der Waals surface area contributed by atoms with E-state index in [0.717, 1.165) is 0 Å². The zero-order valence-corrected chi connectivity index (χ0v) is 11.5. The molecule has 0 aromatic heterocycles. The number of rotatable bonds is 3. The Labute approximate surface area is 122 Å². The first-order valence-corrected chi connectivity index (χ1v) is 6.34. The highest BCUT2D eigenvalue weighted by Crippen LogP contribution is 2.15. The third kappa shape index (κ3) is 4.54. The van der Waals surface area contributed by atoms with Gasteiger partial charge in [-0.05, 0) is 42.5 Å². The molecule has 0 bridgehead atoms. The molecule has 21 heavy (non-hydrogen) atoms. The summed E-state index contributed by atoms with van der Waals surface area (Å²) in [6, 6.07) is 13.4. The van der Waals surface area contributed by atoms with E-state index in [4.69, 9.17) is 5.73 Å². The highest BCUT2D eigenvalue weighted by atomic mass is 16.2. The minimum absolute atomic E-state index is 0.143. The molecule has 6 nitrogen and oxygen atoms in total. The van der Waals surface area contributed by atoms with Gasteiger partial charge in [0.15, 0.2) is 0 Å². The van der Waals surface area contributed by atoms with Crippen molar-refractivity contribution in [2.45, 2.75) is 6.92 Å². The Morgan fingerprint density at radius 1 is 0.857 bits per heavy atom. The van der Waals surface area contributed by atoms with Crippen LogP contribution in [0, 0.1) is 0 Å². The van der Waals surface area contributed by atoms with Crippen LogP contribution < -0.4 is 21.7 Å². The average Bonchev–Trinajstić information content (AvgIpc) is 2.40. The van der Waals surface area contributed by atoms with Crippen LogP contribution in [0.5, 0.6) is 0 Å². The Morgan fingerprint density at radius 2 is 1.43 bits per heavy atom. The van der Waals surface area contributed by atoms with Crippen LogP contribution >= 0.6 is 0 Å². The maximum absolute atomic E-state index is 11.8. The molecule has 3 amide bonds. The standard InChI is InChI=1S/C15H16N4O2/c1-10(20)17-12-5-7-13(8-6-12)18-15(21)19-14-4-2-3-11(16)9-14/h2-9H,16H2,1H3,(H,17,20)(H2,18,19,21). The van der Waals surface area contributed by atoms with Crippen LogP contribution in [0.2, 0.25) is 0 Å². The van der Waals surface area contributed by atoms with E-state index in [2.05, 4.69) is 16.0 Å². The number of carbonyl (C=O) groups excluding carboxylic acids is 2. The zero-order chi connectivity index (χ0) is 15.2. The summed E-state index contributed by atoms with van der Waals surface area (Å²) in [4.78, 5) is 22.7. The molecule has 0 heterocycles. The first-order valence-electron chi connectivity index (χ1n) is 6.34. The second-order valence-corrected chi connectivity index (χ2v) is 4.46. The Balaban J connectivity index is 1.95. The lowest BCUT2D eigenvalue weighted by Gasteiger charge is -2.09. The summed E-state index contributed by atoms with van der Waals surface area (Å²) < 4.78 is 0. The topological polar surface area (TPSA) is 96.2 Å². The number of nitrogens with one attached hydrogen (secondary N) is 3. The molecule has 0 fully saturated rings. The Kier molecular flexibility index (Phi) is 4.40. The highest BCUT2D eigenvalue weighted by Gasteiger charge is 2.03. The lowest BCUT2D eigenvalue weighted by atomic mass is 10.2. The number of urea groups is 1. The fraction of sp³-hybridized carbons (Fsp3) is 0.0667. The number of benzene rings is 2. The van der Waals surface area contributed by atoms with Gasteiger partial charge in [-0.25, -0.2) is 4.79 Å². The fourth-order valence-corrected chi connectivity index (χ4v) is 1.75. The van der Waals surface area contributed by atoms with Crippen molar-refractivity contribution in [2.75, 3.05) is 21.7 Å². The van der Waals surface area contributed by atoms with E-state index >= 15 is 0 Å². The van der Waals surface area contributed by atoms with E-state index in [0.29, 0.717) is 22.7 Å². The van der Waals surface area contributed by atoms with Gasteiger partial charge in [0.2, 0.25) is 5.91 Å². The van der Waals surface area contributed by atoms with Crippen LogP contribution in [0.4, 0.5) is 27.5 Å². The summed E-state index contributed by atoms with van der Waals surface area (Å²) in [6.07, 6.45) is 0. The van der Waals surface area contributed by atoms with E-state index in [1.54, 1.807) is 48.5 Å². The minimum Gasteiger partial charge on any atom is -0.399 e. The van der Waals surface area contributed by atoms with Crippen LogP contribution in [-0.2, 0) is 4.79 Å². The third-order valence-electron chi connectivity index (χ3n) is 2.61. The third-order valence-corrected chi connectivity index (χ3v) is 2.61. The molecule has 0 aliphatic carbocycles. The number of hydrogen-bond acceptors (Lipinski definition) is 3. The van der Waals surface area contributed by atoms with Gasteiger partial charge < -0.3 is 21.7 Å². The monoisotopic (exact) mass is 284 g/mol. The second-order valence-electron chi connectivity index (χ2n) is 4.46. The number of nitrogen functional groups attached to an aromatic ring is 1. The molecule has 0 unspecified atom stereocenters. The van der Waals surface area contributed by atoms with E-state index in [1.807, 2.05) is 0 Å². The van der Waals surface area contributed by atoms with Crippen molar-refractivity contribution in [3.63, 3.8) is 0 Å². The molecule has 0 aliphatic rings. The van der Waals surface area contributed by atoms with E-state index in [-0.39, 0.29) is 11.9 Å². The fourth-order valence-electron chi connectivity index (χ4n) is 1.75. The van der Waals surface area contributed by atoms with Crippen molar-refractivity contribution >= 4 is 34.7 Å². The van der Waals surface area contributed by atoms with Gasteiger partial charge in [-0.15, -0.1) is 0 Å². The summed E-state index contributed by atoms with van der Waals surface area (Å²) in [5.41, 5.74) is 8.11. The van der Waals surface area contributed by atoms with Crippen LogP contribution in [-0.4, -0.2) is 11.9 Å². The van der Waals surface area contributed by atoms with Crippen molar-refractivity contribution in [3.05, 3.63) is 48.5 Å². The van der Waals surface area contributed by atoms with Gasteiger partial charge in [-0.2, -0.15) is 0 Å². The molecule has 0 saturated carbocycles. The lowest BCUT2D eigenvalue weighted by Crippen LogP contribution is -2.19. The largest absolute Gasteiger partial charge is 0.399 e.